The molecule has 1 atom stereocenters. The lowest BCUT2D eigenvalue weighted by Gasteiger charge is -2.11. The van der Waals surface area contributed by atoms with Crippen molar-refractivity contribution in [1.82, 2.24) is 5.32 Å². The SMILES string of the molecule is CC(C)c1ccc(NC(=O)CCC2CCCN2)cc1.Cl. The Kier molecular flexibility index (Phi) is 7.03. The minimum atomic E-state index is 0. The maximum atomic E-state index is 11.8. The highest BCUT2D eigenvalue weighted by atomic mass is 35.5. The van der Waals surface area contributed by atoms with Gasteiger partial charge < -0.3 is 10.6 Å². The Morgan fingerprint density at radius 1 is 1.35 bits per heavy atom. The lowest BCUT2D eigenvalue weighted by atomic mass is 10.0. The summed E-state index contributed by atoms with van der Waals surface area (Å²) in [6.45, 7) is 5.44. The van der Waals surface area contributed by atoms with Crippen molar-refractivity contribution >= 4 is 24.0 Å². The number of halogens is 1. The fraction of sp³-hybridized carbons (Fsp3) is 0.562. The second-order valence-corrected chi connectivity index (χ2v) is 5.66. The molecule has 1 heterocycles. The van der Waals surface area contributed by atoms with Crippen LogP contribution in [0.4, 0.5) is 5.69 Å². The Morgan fingerprint density at radius 3 is 2.60 bits per heavy atom. The quantitative estimate of drug-likeness (QED) is 0.870. The molecule has 3 nitrogen and oxygen atoms in total. The van der Waals surface area contributed by atoms with Gasteiger partial charge in [-0.25, -0.2) is 0 Å². The maximum Gasteiger partial charge on any atom is 0.224 e. The number of hydrogen-bond donors (Lipinski definition) is 2. The topological polar surface area (TPSA) is 41.1 Å². The van der Waals surface area contributed by atoms with Crippen molar-refractivity contribution in [3.63, 3.8) is 0 Å². The highest BCUT2D eigenvalue weighted by Gasteiger charge is 2.15. The molecule has 1 aliphatic rings. The smallest absolute Gasteiger partial charge is 0.224 e. The van der Waals surface area contributed by atoms with Crippen LogP contribution in [-0.2, 0) is 4.79 Å². The summed E-state index contributed by atoms with van der Waals surface area (Å²) in [5, 5.41) is 6.38. The molecule has 4 heteroatoms. The van der Waals surface area contributed by atoms with Gasteiger partial charge in [-0.15, -0.1) is 12.4 Å². The monoisotopic (exact) mass is 296 g/mol. The lowest BCUT2D eigenvalue weighted by molar-refractivity contribution is -0.116. The van der Waals surface area contributed by atoms with Crippen LogP contribution in [0.5, 0.6) is 0 Å². The van der Waals surface area contributed by atoms with Crippen LogP contribution >= 0.6 is 12.4 Å². The van der Waals surface area contributed by atoms with Crippen LogP contribution in [-0.4, -0.2) is 18.5 Å². The largest absolute Gasteiger partial charge is 0.326 e. The third-order valence-electron chi connectivity index (χ3n) is 3.74. The van der Waals surface area contributed by atoms with Crippen molar-refractivity contribution in [3.05, 3.63) is 29.8 Å². The van der Waals surface area contributed by atoms with Gasteiger partial charge in [-0.1, -0.05) is 26.0 Å². The Labute approximate surface area is 127 Å². The fourth-order valence-corrected chi connectivity index (χ4v) is 2.48. The summed E-state index contributed by atoms with van der Waals surface area (Å²) >= 11 is 0. The molecular formula is C16H25ClN2O. The van der Waals surface area contributed by atoms with Crippen LogP contribution in [0.25, 0.3) is 0 Å². The minimum Gasteiger partial charge on any atom is -0.326 e. The van der Waals surface area contributed by atoms with Crippen molar-refractivity contribution in [2.24, 2.45) is 0 Å². The van der Waals surface area contributed by atoms with Crippen LogP contribution in [0.1, 0.15) is 51.0 Å². The summed E-state index contributed by atoms with van der Waals surface area (Å²) in [4.78, 5) is 11.8. The number of nitrogens with one attached hydrogen (secondary N) is 2. The Hall–Kier alpha value is -1.06. The summed E-state index contributed by atoms with van der Waals surface area (Å²) in [6.07, 6.45) is 3.98. The molecule has 1 amide bonds. The van der Waals surface area contributed by atoms with Gasteiger partial charge in [0.2, 0.25) is 5.91 Å². The first-order valence-corrected chi connectivity index (χ1v) is 7.28. The van der Waals surface area contributed by atoms with Gasteiger partial charge in [0, 0.05) is 18.2 Å². The van der Waals surface area contributed by atoms with Crippen molar-refractivity contribution in [3.8, 4) is 0 Å². The molecule has 0 radical (unpaired) electrons. The Balaban J connectivity index is 0.00000200. The standard InChI is InChI=1S/C16H24N2O.ClH/c1-12(2)13-5-7-15(8-6-13)18-16(19)10-9-14-4-3-11-17-14;/h5-8,12,14,17H,3-4,9-11H2,1-2H3,(H,18,19);1H. The molecule has 0 saturated carbocycles. The van der Waals surface area contributed by atoms with Gasteiger partial charge in [-0.3, -0.25) is 4.79 Å². The molecule has 1 fully saturated rings. The van der Waals surface area contributed by atoms with Crippen LogP contribution in [0.3, 0.4) is 0 Å². The number of carbonyl (C=O) groups is 1. The van der Waals surface area contributed by atoms with Gasteiger partial charge in [-0.05, 0) is 49.4 Å². The van der Waals surface area contributed by atoms with Crippen LogP contribution in [0, 0.1) is 0 Å². The molecule has 0 spiro atoms. The number of benzene rings is 1. The van der Waals surface area contributed by atoms with Crippen molar-refractivity contribution in [2.45, 2.75) is 51.5 Å². The number of hydrogen-bond acceptors (Lipinski definition) is 2. The minimum absolute atomic E-state index is 0. The van der Waals surface area contributed by atoms with E-state index in [9.17, 15) is 4.79 Å². The van der Waals surface area contributed by atoms with E-state index in [0.29, 0.717) is 18.4 Å². The first-order chi connectivity index (χ1) is 9.15. The summed E-state index contributed by atoms with van der Waals surface area (Å²) in [6, 6.07) is 8.67. The molecular weight excluding hydrogens is 272 g/mol. The van der Waals surface area contributed by atoms with E-state index in [0.717, 1.165) is 18.7 Å². The molecule has 1 aliphatic heterocycles. The molecule has 0 bridgehead atoms. The third-order valence-corrected chi connectivity index (χ3v) is 3.74. The van der Waals surface area contributed by atoms with E-state index in [1.165, 1.54) is 18.4 Å². The van der Waals surface area contributed by atoms with Crippen molar-refractivity contribution in [2.75, 3.05) is 11.9 Å². The van der Waals surface area contributed by atoms with E-state index in [1.54, 1.807) is 0 Å². The van der Waals surface area contributed by atoms with E-state index in [-0.39, 0.29) is 18.3 Å². The van der Waals surface area contributed by atoms with Crippen LogP contribution in [0.15, 0.2) is 24.3 Å². The zero-order chi connectivity index (χ0) is 13.7. The first kappa shape index (κ1) is 17.0. The number of amides is 1. The second kappa shape index (κ2) is 8.28. The zero-order valence-electron chi connectivity index (χ0n) is 12.3. The third kappa shape index (κ3) is 5.14. The van der Waals surface area contributed by atoms with E-state index in [4.69, 9.17) is 0 Å². The predicted octanol–water partition coefficient (Wildman–Crippen LogP) is 3.70. The Bertz CT molecular complexity index is 411. The van der Waals surface area contributed by atoms with Crippen molar-refractivity contribution < 1.29 is 4.79 Å². The molecule has 0 aromatic heterocycles. The average molecular weight is 297 g/mol. The van der Waals surface area contributed by atoms with Crippen LogP contribution in [0.2, 0.25) is 0 Å². The number of rotatable bonds is 5. The predicted molar refractivity (Wildman–Crippen MR) is 86.7 cm³/mol. The first-order valence-electron chi connectivity index (χ1n) is 7.28. The second-order valence-electron chi connectivity index (χ2n) is 5.66. The van der Waals surface area contributed by atoms with Gasteiger partial charge >= 0.3 is 0 Å². The summed E-state index contributed by atoms with van der Waals surface area (Å²) < 4.78 is 0. The maximum absolute atomic E-state index is 11.8. The van der Waals surface area contributed by atoms with E-state index < -0.39 is 0 Å². The molecule has 2 rings (SSSR count). The van der Waals surface area contributed by atoms with Crippen molar-refractivity contribution in [1.29, 1.82) is 0 Å². The molecule has 112 valence electrons. The zero-order valence-corrected chi connectivity index (χ0v) is 13.1. The van der Waals surface area contributed by atoms with E-state index in [2.05, 4.69) is 36.6 Å². The Morgan fingerprint density at radius 2 is 2.05 bits per heavy atom. The highest BCUT2D eigenvalue weighted by molar-refractivity contribution is 5.90. The normalized spacial score (nSPS) is 17.9. The highest BCUT2D eigenvalue weighted by Crippen LogP contribution is 2.17. The number of carbonyl (C=O) groups excluding carboxylic acids is 1. The van der Waals surface area contributed by atoms with E-state index >= 15 is 0 Å². The lowest BCUT2D eigenvalue weighted by Crippen LogP contribution is -2.23. The summed E-state index contributed by atoms with van der Waals surface area (Å²) in [7, 11) is 0. The van der Waals surface area contributed by atoms with Crippen LogP contribution < -0.4 is 10.6 Å². The van der Waals surface area contributed by atoms with Gasteiger partial charge in [0.1, 0.15) is 0 Å². The molecule has 0 aliphatic carbocycles. The molecule has 1 aromatic rings. The van der Waals surface area contributed by atoms with Gasteiger partial charge in [-0.2, -0.15) is 0 Å². The van der Waals surface area contributed by atoms with Gasteiger partial charge in [0.15, 0.2) is 0 Å². The summed E-state index contributed by atoms with van der Waals surface area (Å²) in [5.41, 5.74) is 2.20. The fourth-order valence-electron chi connectivity index (χ4n) is 2.48. The molecule has 2 N–H and O–H groups in total. The molecule has 1 aromatic carbocycles. The molecule has 1 saturated heterocycles. The molecule has 1 unspecified atom stereocenters. The molecule has 20 heavy (non-hydrogen) atoms. The van der Waals surface area contributed by atoms with Gasteiger partial charge in [0.05, 0.1) is 0 Å². The van der Waals surface area contributed by atoms with Gasteiger partial charge in [0.25, 0.3) is 0 Å². The summed E-state index contributed by atoms with van der Waals surface area (Å²) in [5.74, 6) is 0.643. The average Bonchev–Trinajstić information content (AvgIpc) is 2.90. The number of anilines is 1. The van der Waals surface area contributed by atoms with E-state index in [1.807, 2.05) is 12.1 Å².